The minimum absolute atomic E-state index is 0.217. The minimum atomic E-state index is -0.565. The third-order valence-electron chi connectivity index (χ3n) is 6.29. The Hall–Kier alpha value is -6.42. The molecular weight excluding hydrogens is 548 g/mol. The molecule has 0 aliphatic heterocycles. The number of carbonyl (C=O) groups is 2. The Labute approximate surface area is 255 Å². The van der Waals surface area contributed by atoms with Gasteiger partial charge in [0.15, 0.2) is 0 Å². The maximum Gasteiger partial charge on any atom is 0.337 e. The summed E-state index contributed by atoms with van der Waals surface area (Å²) in [7, 11) is 2.55. The van der Waals surface area contributed by atoms with E-state index in [-0.39, 0.29) is 11.1 Å². The molecule has 0 fully saturated rings. The maximum atomic E-state index is 12.0. The Bertz CT molecular complexity index is 1980. The molecule has 6 nitrogen and oxygen atoms in total. The molecule has 210 valence electrons. The van der Waals surface area contributed by atoms with Crippen LogP contribution in [-0.4, -0.2) is 36.1 Å². The molecule has 44 heavy (non-hydrogen) atoms. The smallest absolute Gasteiger partial charge is 0.337 e. The van der Waals surface area contributed by atoms with Gasteiger partial charge in [0, 0.05) is 45.8 Å². The van der Waals surface area contributed by atoms with Crippen molar-refractivity contribution in [3.63, 3.8) is 0 Å². The summed E-state index contributed by atoms with van der Waals surface area (Å²) in [5.41, 5.74) is 6.70. The van der Waals surface area contributed by atoms with Crippen molar-refractivity contribution in [3.05, 3.63) is 154 Å². The van der Waals surface area contributed by atoms with Crippen LogP contribution in [0.15, 0.2) is 109 Å². The van der Waals surface area contributed by atoms with E-state index in [2.05, 4.69) is 45.5 Å². The van der Waals surface area contributed by atoms with E-state index >= 15 is 0 Å². The Morgan fingerprint density at radius 3 is 1.39 bits per heavy atom. The first kappa shape index (κ1) is 29.1. The van der Waals surface area contributed by atoms with Gasteiger partial charge in [0.05, 0.1) is 36.7 Å². The highest BCUT2D eigenvalue weighted by Gasteiger charge is 2.13. The first-order chi connectivity index (χ1) is 21.5. The van der Waals surface area contributed by atoms with E-state index in [1.165, 1.54) is 20.3 Å². The average molecular weight is 573 g/mol. The normalized spacial score (nSPS) is 9.68. The fourth-order valence-electron chi connectivity index (χ4n) is 4.04. The van der Waals surface area contributed by atoms with E-state index in [4.69, 9.17) is 9.47 Å². The number of rotatable bonds is 3. The van der Waals surface area contributed by atoms with Crippen molar-refractivity contribution in [2.45, 2.75) is 0 Å². The molecule has 2 aromatic heterocycles. The van der Waals surface area contributed by atoms with Crippen LogP contribution < -0.4 is 0 Å². The lowest BCUT2D eigenvalue weighted by atomic mass is 10.0. The van der Waals surface area contributed by atoms with E-state index in [1.54, 1.807) is 24.5 Å². The summed E-state index contributed by atoms with van der Waals surface area (Å²) in [6, 6.07) is 29.3. The topological polar surface area (TPSA) is 78.4 Å². The Morgan fingerprint density at radius 1 is 0.477 bits per heavy atom. The number of benzene rings is 3. The first-order valence-electron chi connectivity index (χ1n) is 13.5. The van der Waals surface area contributed by atoms with Crippen LogP contribution >= 0.6 is 0 Å². The molecule has 0 saturated heterocycles. The number of nitrogens with zero attached hydrogens (tertiary/aromatic N) is 2. The predicted molar refractivity (Wildman–Crippen MR) is 167 cm³/mol. The molecular formula is C38H24N2O4. The van der Waals surface area contributed by atoms with Crippen LogP contribution in [0.5, 0.6) is 0 Å². The molecule has 5 rings (SSSR count). The van der Waals surface area contributed by atoms with Crippen molar-refractivity contribution < 1.29 is 19.1 Å². The number of pyridine rings is 2. The predicted octanol–water partition coefficient (Wildman–Crippen LogP) is 5.92. The molecule has 0 amide bonds. The minimum Gasteiger partial charge on any atom is -0.465 e. The first-order valence-corrected chi connectivity index (χ1v) is 13.5. The quantitative estimate of drug-likeness (QED) is 0.197. The molecule has 0 radical (unpaired) electrons. The van der Waals surface area contributed by atoms with Gasteiger partial charge >= 0.3 is 11.9 Å². The number of hydrogen-bond donors (Lipinski definition) is 0. The number of hydrogen-bond acceptors (Lipinski definition) is 6. The lowest BCUT2D eigenvalue weighted by molar-refractivity contribution is 0.0599. The van der Waals surface area contributed by atoms with Gasteiger partial charge in [-0.05, 0) is 91.0 Å². The maximum absolute atomic E-state index is 12.0. The standard InChI is InChI=1S/C38H24N2O4/c1-43-37(41)33-23-32(24-34(26-33)38(42)44-2)19-17-30-14-10-28(11-15-30)7-6-27-8-12-29(13-9-27)16-18-31-20-22-40-36(25-31)35-5-3-4-21-39-35/h3-5,8-15,20-26H,1-2H3. The van der Waals surface area contributed by atoms with Gasteiger partial charge in [0.1, 0.15) is 0 Å². The fraction of sp³-hybridized carbons (Fsp3) is 0.0526. The molecule has 3 aromatic carbocycles. The summed E-state index contributed by atoms with van der Waals surface area (Å²) >= 11 is 0. The van der Waals surface area contributed by atoms with Gasteiger partial charge in [-0.3, -0.25) is 9.97 Å². The van der Waals surface area contributed by atoms with Gasteiger partial charge in [-0.1, -0.05) is 41.6 Å². The van der Waals surface area contributed by atoms with Crippen molar-refractivity contribution in [3.8, 4) is 46.9 Å². The lowest BCUT2D eigenvalue weighted by Crippen LogP contribution is -2.07. The van der Waals surface area contributed by atoms with Gasteiger partial charge in [0.25, 0.3) is 0 Å². The summed E-state index contributed by atoms with van der Waals surface area (Å²) in [6.45, 7) is 0. The second kappa shape index (κ2) is 14.0. The number of methoxy groups -OCH3 is 2. The van der Waals surface area contributed by atoms with Crippen LogP contribution in [0.2, 0.25) is 0 Å². The molecule has 6 heteroatoms. The van der Waals surface area contributed by atoms with Crippen molar-refractivity contribution in [2.75, 3.05) is 14.2 Å². The van der Waals surface area contributed by atoms with Gasteiger partial charge in [-0.2, -0.15) is 0 Å². The van der Waals surface area contributed by atoms with E-state index in [0.29, 0.717) is 5.56 Å². The van der Waals surface area contributed by atoms with Crippen molar-refractivity contribution >= 4 is 11.9 Å². The second-order valence-electron chi connectivity index (χ2n) is 9.33. The fourth-order valence-corrected chi connectivity index (χ4v) is 4.04. The van der Waals surface area contributed by atoms with Crippen LogP contribution in [0.25, 0.3) is 11.4 Å². The summed E-state index contributed by atoms with van der Waals surface area (Å²) in [4.78, 5) is 32.8. The molecule has 0 N–H and O–H groups in total. The Kier molecular flexibility index (Phi) is 9.23. The Balaban J connectivity index is 1.25. The van der Waals surface area contributed by atoms with Gasteiger partial charge < -0.3 is 9.47 Å². The van der Waals surface area contributed by atoms with Crippen molar-refractivity contribution in [1.82, 2.24) is 9.97 Å². The SMILES string of the molecule is COC(=O)c1cc(C#Cc2ccc(C#Cc3ccc(C#Cc4ccnc(-c5ccccn5)c4)cc3)cc2)cc(C(=O)OC)c1. The molecule has 0 bridgehead atoms. The van der Waals surface area contributed by atoms with Crippen LogP contribution in [0.1, 0.15) is 54.1 Å². The highest BCUT2D eigenvalue weighted by molar-refractivity contribution is 5.96. The average Bonchev–Trinajstić information content (AvgIpc) is 3.09. The zero-order valence-corrected chi connectivity index (χ0v) is 23.9. The largest absolute Gasteiger partial charge is 0.465 e. The van der Waals surface area contributed by atoms with Crippen LogP contribution in [-0.2, 0) is 9.47 Å². The van der Waals surface area contributed by atoms with E-state index < -0.39 is 11.9 Å². The third kappa shape index (κ3) is 7.65. The molecule has 0 aliphatic carbocycles. The van der Waals surface area contributed by atoms with E-state index in [0.717, 1.165) is 39.2 Å². The summed E-state index contributed by atoms with van der Waals surface area (Å²) in [6.07, 6.45) is 3.48. The number of esters is 2. The number of carbonyl (C=O) groups excluding carboxylic acids is 2. The zero-order chi connectivity index (χ0) is 30.7. The number of aromatic nitrogens is 2. The Morgan fingerprint density at radius 2 is 0.932 bits per heavy atom. The monoisotopic (exact) mass is 572 g/mol. The zero-order valence-electron chi connectivity index (χ0n) is 23.9. The molecule has 0 spiro atoms. The van der Waals surface area contributed by atoms with Gasteiger partial charge in [0.2, 0.25) is 0 Å². The molecule has 0 atom stereocenters. The molecule has 0 aliphatic rings. The van der Waals surface area contributed by atoms with Crippen LogP contribution in [0.3, 0.4) is 0 Å². The van der Waals surface area contributed by atoms with Crippen LogP contribution in [0, 0.1) is 35.5 Å². The van der Waals surface area contributed by atoms with Crippen molar-refractivity contribution in [2.24, 2.45) is 0 Å². The third-order valence-corrected chi connectivity index (χ3v) is 6.29. The molecule has 0 saturated carbocycles. The number of ether oxygens (including phenoxy) is 2. The summed E-state index contributed by atoms with van der Waals surface area (Å²) in [5.74, 6) is 17.6. The summed E-state index contributed by atoms with van der Waals surface area (Å²) < 4.78 is 9.56. The lowest BCUT2D eigenvalue weighted by Gasteiger charge is -2.04. The molecule has 2 heterocycles. The highest BCUT2D eigenvalue weighted by atomic mass is 16.5. The van der Waals surface area contributed by atoms with Gasteiger partial charge in [-0.25, -0.2) is 9.59 Å². The molecule has 5 aromatic rings. The molecule has 0 unspecified atom stereocenters. The highest BCUT2D eigenvalue weighted by Crippen LogP contribution is 2.15. The van der Waals surface area contributed by atoms with E-state index in [9.17, 15) is 9.59 Å². The van der Waals surface area contributed by atoms with E-state index in [1.807, 2.05) is 78.9 Å². The summed E-state index contributed by atoms with van der Waals surface area (Å²) in [5, 5.41) is 0. The van der Waals surface area contributed by atoms with Crippen molar-refractivity contribution in [1.29, 1.82) is 0 Å². The van der Waals surface area contributed by atoms with Gasteiger partial charge in [-0.15, -0.1) is 0 Å². The van der Waals surface area contributed by atoms with Crippen LogP contribution in [0.4, 0.5) is 0 Å². The second-order valence-corrected chi connectivity index (χ2v) is 9.33.